The van der Waals surface area contributed by atoms with Gasteiger partial charge in [-0.1, -0.05) is 159 Å². The molecule has 0 saturated carbocycles. The van der Waals surface area contributed by atoms with Gasteiger partial charge in [0.15, 0.2) is 0 Å². The van der Waals surface area contributed by atoms with Gasteiger partial charge in [-0.15, -0.1) is 11.3 Å². The number of thiophene rings is 1. The molecule has 0 bridgehead atoms. The van der Waals surface area contributed by atoms with E-state index in [1.807, 2.05) is 23.5 Å². The van der Waals surface area contributed by atoms with Gasteiger partial charge in [-0.25, -0.2) is 0 Å². The molecule has 12 rings (SSSR count). The van der Waals surface area contributed by atoms with Gasteiger partial charge in [0.1, 0.15) is 11.2 Å². The molecule has 2 nitrogen and oxygen atoms in total. The van der Waals surface area contributed by atoms with E-state index in [1.165, 1.54) is 64.7 Å². The Hall–Kier alpha value is -7.20. The number of fused-ring (bicyclic) bond motifs is 9. The lowest BCUT2D eigenvalue weighted by Crippen LogP contribution is -2.15. The summed E-state index contributed by atoms with van der Waals surface area (Å²) < 4.78 is 9.13. The minimum absolute atomic E-state index is 0.182. The minimum atomic E-state index is -0.182. The first-order valence-corrected chi connectivity index (χ1v) is 21.5. The molecule has 11 aromatic rings. The van der Waals surface area contributed by atoms with Crippen molar-refractivity contribution in [1.82, 2.24) is 0 Å². The summed E-state index contributed by atoms with van der Waals surface area (Å²) in [4.78, 5) is 2.41. The van der Waals surface area contributed by atoms with E-state index in [1.54, 1.807) is 0 Å². The van der Waals surface area contributed by atoms with E-state index in [2.05, 4.69) is 207 Å². The number of hydrogen-bond acceptors (Lipinski definition) is 3. The Balaban J connectivity index is 1.05. The lowest BCUT2D eigenvalue weighted by atomic mass is 9.81. The SMILES string of the molecule is CC1(C)c2ccc(N(c3ccc(-c4ccccc4)cc3)c3ccc(-c4cccc5c4oc4ccccc45)cc3)cc2-c2c1cc1sc3ccccc3c1c2-c1ccccc1. The second kappa shape index (κ2) is 13.4. The first kappa shape index (κ1) is 34.8. The van der Waals surface area contributed by atoms with Crippen LogP contribution in [0.5, 0.6) is 0 Å². The van der Waals surface area contributed by atoms with Crippen molar-refractivity contribution in [2.75, 3.05) is 4.90 Å². The number of rotatable bonds is 6. The van der Waals surface area contributed by atoms with E-state index in [9.17, 15) is 0 Å². The van der Waals surface area contributed by atoms with Gasteiger partial charge < -0.3 is 9.32 Å². The van der Waals surface area contributed by atoms with Crippen molar-refractivity contribution in [2.45, 2.75) is 19.3 Å². The largest absolute Gasteiger partial charge is 0.455 e. The van der Waals surface area contributed by atoms with Gasteiger partial charge in [0, 0.05) is 59.0 Å². The number of benzene rings is 9. The smallest absolute Gasteiger partial charge is 0.143 e. The highest BCUT2D eigenvalue weighted by Gasteiger charge is 2.39. The van der Waals surface area contributed by atoms with Gasteiger partial charge in [-0.05, 0) is 105 Å². The van der Waals surface area contributed by atoms with Crippen LogP contribution >= 0.6 is 11.3 Å². The third-order valence-corrected chi connectivity index (χ3v) is 13.8. The summed E-state index contributed by atoms with van der Waals surface area (Å²) >= 11 is 1.90. The van der Waals surface area contributed by atoms with Crippen molar-refractivity contribution in [3.05, 3.63) is 211 Å². The number of para-hydroxylation sites is 2. The fraction of sp³-hybridized carbons (Fsp3) is 0.0526. The van der Waals surface area contributed by atoms with Crippen molar-refractivity contribution >= 4 is 70.5 Å². The Morgan fingerprint density at radius 2 is 1.02 bits per heavy atom. The third-order valence-electron chi connectivity index (χ3n) is 12.7. The van der Waals surface area contributed by atoms with Crippen LogP contribution in [0.25, 0.3) is 86.6 Å². The lowest BCUT2D eigenvalue weighted by molar-refractivity contribution is 0.661. The Kier molecular flexibility index (Phi) is 7.79. The molecule has 1 aliphatic rings. The van der Waals surface area contributed by atoms with Crippen LogP contribution in [0.2, 0.25) is 0 Å². The van der Waals surface area contributed by atoms with Crippen LogP contribution in [-0.4, -0.2) is 0 Å². The molecule has 60 heavy (non-hydrogen) atoms. The summed E-state index contributed by atoms with van der Waals surface area (Å²) in [6.45, 7) is 4.79. The maximum atomic E-state index is 6.47. The molecular formula is C57H39NOS. The molecule has 1 aliphatic carbocycles. The molecule has 0 unspecified atom stereocenters. The minimum Gasteiger partial charge on any atom is -0.455 e. The van der Waals surface area contributed by atoms with E-state index in [0.29, 0.717) is 0 Å². The van der Waals surface area contributed by atoms with Crippen LogP contribution in [0.1, 0.15) is 25.0 Å². The van der Waals surface area contributed by atoms with E-state index < -0.39 is 0 Å². The summed E-state index contributed by atoms with van der Waals surface area (Å²) in [5.41, 5.74) is 17.5. The monoisotopic (exact) mass is 785 g/mol. The lowest BCUT2D eigenvalue weighted by Gasteiger charge is -2.27. The van der Waals surface area contributed by atoms with Crippen molar-refractivity contribution in [3.63, 3.8) is 0 Å². The Morgan fingerprint density at radius 1 is 0.417 bits per heavy atom. The number of anilines is 3. The molecule has 0 N–H and O–H groups in total. The zero-order chi connectivity index (χ0) is 40.0. The zero-order valence-electron chi connectivity index (χ0n) is 33.3. The second-order valence-electron chi connectivity index (χ2n) is 16.4. The summed E-state index contributed by atoms with van der Waals surface area (Å²) in [6, 6.07) is 72.9. The quantitative estimate of drug-likeness (QED) is 0.167. The van der Waals surface area contributed by atoms with Gasteiger partial charge in [0.2, 0.25) is 0 Å². The molecule has 0 aliphatic heterocycles. The van der Waals surface area contributed by atoms with Crippen molar-refractivity contribution in [1.29, 1.82) is 0 Å². The Morgan fingerprint density at radius 3 is 1.77 bits per heavy atom. The van der Waals surface area contributed by atoms with Crippen LogP contribution in [0.3, 0.4) is 0 Å². The molecule has 0 radical (unpaired) electrons. The van der Waals surface area contributed by atoms with E-state index >= 15 is 0 Å². The van der Waals surface area contributed by atoms with Crippen molar-refractivity contribution < 1.29 is 4.42 Å². The van der Waals surface area contributed by atoms with Crippen molar-refractivity contribution in [3.8, 4) is 44.5 Å². The third kappa shape index (κ3) is 5.33. The zero-order valence-corrected chi connectivity index (χ0v) is 34.1. The second-order valence-corrected chi connectivity index (χ2v) is 17.5. The number of hydrogen-bond donors (Lipinski definition) is 0. The van der Waals surface area contributed by atoms with Crippen molar-refractivity contribution in [2.24, 2.45) is 0 Å². The fourth-order valence-electron chi connectivity index (χ4n) is 9.77. The summed E-state index contributed by atoms with van der Waals surface area (Å²) in [5.74, 6) is 0. The van der Waals surface area contributed by atoms with Crippen LogP contribution in [0.4, 0.5) is 17.1 Å². The highest BCUT2D eigenvalue weighted by molar-refractivity contribution is 7.26. The summed E-state index contributed by atoms with van der Waals surface area (Å²) in [7, 11) is 0. The molecule has 2 heterocycles. The molecule has 0 amide bonds. The number of furan rings is 1. The summed E-state index contributed by atoms with van der Waals surface area (Å²) in [6.07, 6.45) is 0. The molecule has 2 aromatic heterocycles. The first-order valence-electron chi connectivity index (χ1n) is 20.7. The van der Waals surface area contributed by atoms with Crippen LogP contribution in [0, 0.1) is 0 Å². The van der Waals surface area contributed by atoms with E-state index in [0.717, 1.165) is 50.1 Å². The van der Waals surface area contributed by atoms with Gasteiger partial charge >= 0.3 is 0 Å². The average molecular weight is 786 g/mol. The predicted octanol–water partition coefficient (Wildman–Crippen LogP) is 16.7. The summed E-state index contributed by atoms with van der Waals surface area (Å²) in [5, 5.41) is 4.94. The van der Waals surface area contributed by atoms with E-state index in [-0.39, 0.29) is 5.41 Å². The first-order chi connectivity index (χ1) is 29.5. The maximum absolute atomic E-state index is 6.47. The highest BCUT2D eigenvalue weighted by Crippen LogP contribution is 2.57. The molecular weight excluding hydrogens is 747 g/mol. The highest BCUT2D eigenvalue weighted by atomic mass is 32.1. The molecule has 0 fully saturated rings. The van der Waals surface area contributed by atoms with Gasteiger partial charge in [0.25, 0.3) is 0 Å². The topological polar surface area (TPSA) is 16.4 Å². The number of nitrogens with zero attached hydrogens (tertiary/aromatic N) is 1. The van der Waals surface area contributed by atoms with Gasteiger partial charge in [0.05, 0.1) is 0 Å². The molecule has 0 spiro atoms. The molecule has 9 aromatic carbocycles. The maximum Gasteiger partial charge on any atom is 0.143 e. The Bertz CT molecular complexity index is 3430. The van der Waals surface area contributed by atoms with Crippen LogP contribution < -0.4 is 4.90 Å². The van der Waals surface area contributed by atoms with Gasteiger partial charge in [-0.3, -0.25) is 0 Å². The molecule has 284 valence electrons. The molecule has 0 atom stereocenters. The van der Waals surface area contributed by atoms with Crippen LogP contribution in [-0.2, 0) is 5.41 Å². The fourth-order valence-corrected chi connectivity index (χ4v) is 10.9. The molecule has 0 saturated heterocycles. The average Bonchev–Trinajstić information content (AvgIpc) is 3.94. The molecule has 3 heteroatoms. The van der Waals surface area contributed by atoms with Gasteiger partial charge in [-0.2, -0.15) is 0 Å². The predicted molar refractivity (Wildman–Crippen MR) is 255 cm³/mol. The Labute approximate surface area is 353 Å². The van der Waals surface area contributed by atoms with E-state index in [4.69, 9.17) is 4.42 Å². The normalized spacial score (nSPS) is 13.0. The standard InChI is InChI=1S/C57H39NOS/c1-57(2)48-33-32-42(34-47(48)54-49(57)35-52-55(46-19-10-12-23-51(46)60-52)53(54)39-16-7-4-8-17-39)58(40-28-24-37(25-29-40)36-14-5-3-6-15-36)41-30-26-38(27-31-41)43-20-13-21-45-44-18-9-11-22-50(44)59-56(43)45/h3-35H,1-2H3. The van der Waals surface area contributed by atoms with Crippen LogP contribution in [0.15, 0.2) is 205 Å².